The topological polar surface area (TPSA) is 137 Å². The lowest BCUT2D eigenvalue weighted by Gasteiger charge is -2.07. The Hall–Kier alpha value is -3.82. The molecule has 0 atom stereocenters. The second-order valence-electron chi connectivity index (χ2n) is 8.06. The van der Waals surface area contributed by atoms with Gasteiger partial charge >= 0.3 is 11.9 Å². The van der Waals surface area contributed by atoms with Gasteiger partial charge in [-0.1, -0.05) is 25.7 Å². The molecule has 0 unspecified atom stereocenters. The number of rotatable bonds is 17. The van der Waals surface area contributed by atoms with Crippen LogP contribution in [0.5, 0.6) is 0 Å². The first-order valence-electron chi connectivity index (χ1n) is 12.2. The van der Waals surface area contributed by atoms with Gasteiger partial charge < -0.3 is 20.1 Å². The Bertz CT molecular complexity index is 862. The van der Waals surface area contributed by atoms with E-state index >= 15 is 0 Å². The summed E-state index contributed by atoms with van der Waals surface area (Å²) in [6.07, 6.45) is 12.1. The summed E-state index contributed by atoms with van der Waals surface area (Å²) < 4.78 is 10.3. The Balaban J connectivity index is 1.35. The van der Waals surface area contributed by atoms with Crippen molar-refractivity contribution in [2.24, 2.45) is 0 Å². The van der Waals surface area contributed by atoms with E-state index in [2.05, 4.69) is 20.6 Å². The van der Waals surface area contributed by atoms with Gasteiger partial charge in [0.05, 0.1) is 24.2 Å². The molecule has 2 amide bonds. The third-order valence-electron chi connectivity index (χ3n) is 5.16. The van der Waals surface area contributed by atoms with Gasteiger partial charge in [0.15, 0.2) is 0 Å². The van der Waals surface area contributed by atoms with E-state index in [0.717, 1.165) is 38.5 Å². The van der Waals surface area contributed by atoms with Crippen LogP contribution in [-0.4, -0.2) is 60.0 Å². The molecule has 2 heterocycles. The Morgan fingerprint density at radius 1 is 0.639 bits per heavy atom. The summed E-state index contributed by atoms with van der Waals surface area (Å²) in [6, 6.07) is 6.69. The number of ether oxygens (including phenoxy) is 2. The lowest BCUT2D eigenvalue weighted by Crippen LogP contribution is -2.28. The Kier molecular flexibility index (Phi) is 13.9. The smallest absolute Gasteiger partial charge is 0.305 e. The van der Waals surface area contributed by atoms with Crippen LogP contribution in [0.3, 0.4) is 0 Å². The van der Waals surface area contributed by atoms with E-state index in [1.54, 1.807) is 36.7 Å². The molecule has 2 N–H and O–H groups in total. The molecule has 0 bridgehead atoms. The van der Waals surface area contributed by atoms with Crippen molar-refractivity contribution in [2.75, 3.05) is 26.3 Å². The molecule has 0 radical (unpaired) electrons. The zero-order valence-corrected chi connectivity index (χ0v) is 20.4. The second kappa shape index (κ2) is 17.6. The number of amides is 2. The maximum atomic E-state index is 11.8. The minimum absolute atomic E-state index is 0.137. The molecule has 0 aliphatic carbocycles. The maximum absolute atomic E-state index is 11.8. The molecule has 0 aliphatic rings. The molecular formula is C26H34N4O6. The maximum Gasteiger partial charge on any atom is 0.305 e. The van der Waals surface area contributed by atoms with Gasteiger partial charge in [0.2, 0.25) is 0 Å². The number of nitrogens with one attached hydrogen (secondary N) is 2. The largest absolute Gasteiger partial charge is 0.464 e. The number of nitrogens with zero attached hydrogens (tertiary/aromatic N) is 2. The van der Waals surface area contributed by atoms with Crippen LogP contribution >= 0.6 is 0 Å². The Morgan fingerprint density at radius 3 is 1.44 bits per heavy atom. The predicted molar refractivity (Wildman–Crippen MR) is 132 cm³/mol. The SMILES string of the molecule is O=C(CCCCCCCCC(=O)OCCNC(=O)c1cccnc1)OCCNC(=O)c1cccnc1. The van der Waals surface area contributed by atoms with E-state index in [-0.39, 0.29) is 50.1 Å². The summed E-state index contributed by atoms with van der Waals surface area (Å²) >= 11 is 0. The molecular weight excluding hydrogens is 464 g/mol. The third-order valence-corrected chi connectivity index (χ3v) is 5.16. The van der Waals surface area contributed by atoms with E-state index in [4.69, 9.17) is 9.47 Å². The fourth-order valence-corrected chi connectivity index (χ4v) is 3.25. The number of aromatic nitrogens is 2. The minimum Gasteiger partial charge on any atom is -0.464 e. The van der Waals surface area contributed by atoms with Crippen LogP contribution in [0.15, 0.2) is 49.1 Å². The summed E-state index contributed by atoms with van der Waals surface area (Å²) in [5, 5.41) is 5.35. The summed E-state index contributed by atoms with van der Waals surface area (Å²) in [6.45, 7) is 0.777. The van der Waals surface area contributed by atoms with E-state index in [9.17, 15) is 19.2 Å². The Labute approximate surface area is 211 Å². The highest BCUT2D eigenvalue weighted by atomic mass is 16.5. The summed E-state index contributed by atoms with van der Waals surface area (Å²) in [7, 11) is 0. The molecule has 0 saturated carbocycles. The average molecular weight is 499 g/mol. The van der Waals surface area contributed by atoms with Crippen molar-refractivity contribution in [1.29, 1.82) is 0 Å². The normalized spacial score (nSPS) is 10.3. The monoisotopic (exact) mass is 498 g/mol. The van der Waals surface area contributed by atoms with Gasteiger partial charge in [-0.2, -0.15) is 0 Å². The van der Waals surface area contributed by atoms with Crippen molar-refractivity contribution < 1.29 is 28.7 Å². The zero-order chi connectivity index (χ0) is 25.8. The number of esters is 2. The molecule has 2 rings (SSSR count). The molecule has 0 saturated heterocycles. The fraction of sp³-hybridized carbons (Fsp3) is 0.462. The van der Waals surface area contributed by atoms with Crippen LogP contribution < -0.4 is 10.6 Å². The van der Waals surface area contributed by atoms with Gasteiger partial charge in [-0.3, -0.25) is 29.1 Å². The summed E-state index contributed by atoms with van der Waals surface area (Å²) in [5.74, 6) is -1.05. The molecule has 2 aromatic rings. The van der Waals surface area contributed by atoms with E-state index in [1.165, 1.54) is 12.4 Å². The van der Waals surface area contributed by atoms with Crippen molar-refractivity contribution in [1.82, 2.24) is 20.6 Å². The van der Waals surface area contributed by atoms with Crippen LogP contribution in [0.2, 0.25) is 0 Å². The molecule has 194 valence electrons. The number of unbranched alkanes of at least 4 members (excludes halogenated alkanes) is 5. The molecule has 2 aromatic heterocycles. The van der Waals surface area contributed by atoms with Crippen molar-refractivity contribution in [2.45, 2.75) is 51.4 Å². The molecule has 0 aliphatic heterocycles. The zero-order valence-electron chi connectivity index (χ0n) is 20.4. The van der Waals surface area contributed by atoms with Gasteiger partial charge in [0.1, 0.15) is 13.2 Å². The van der Waals surface area contributed by atoms with E-state index in [0.29, 0.717) is 24.0 Å². The van der Waals surface area contributed by atoms with Crippen LogP contribution in [0.25, 0.3) is 0 Å². The average Bonchev–Trinajstić information content (AvgIpc) is 2.91. The third kappa shape index (κ3) is 12.6. The standard InChI is InChI=1S/C26H34N4O6/c31-23(35-17-15-29-25(33)21-9-7-13-27-19-21)11-5-3-1-2-4-6-12-24(32)36-18-16-30-26(34)22-10-8-14-28-20-22/h7-10,13-14,19-20H,1-6,11-12,15-18H2,(H,29,33)(H,30,34). The van der Waals surface area contributed by atoms with Gasteiger partial charge in [-0.15, -0.1) is 0 Å². The first kappa shape index (κ1) is 28.4. The van der Waals surface area contributed by atoms with Crippen LogP contribution in [-0.2, 0) is 19.1 Å². The highest BCUT2D eigenvalue weighted by Crippen LogP contribution is 2.09. The minimum atomic E-state index is -0.273. The highest BCUT2D eigenvalue weighted by molar-refractivity contribution is 5.94. The first-order valence-corrected chi connectivity index (χ1v) is 12.2. The summed E-state index contributed by atoms with van der Waals surface area (Å²) in [5.41, 5.74) is 0.923. The predicted octanol–water partition coefficient (Wildman–Crippen LogP) is 2.84. The number of hydrogen-bond acceptors (Lipinski definition) is 8. The van der Waals surface area contributed by atoms with Crippen molar-refractivity contribution in [3.8, 4) is 0 Å². The molecule has 0 fully saturated rings. The van der Waals surface area contributed by atoms with Crippen molar-refractivity contribution in [3.05, 3.63) is 60.2 Å². The quantitative estimate of drug-likeness (QED) is 0.251. The molecule has 0 spiro atoms. The highest BCUT2D eigenvalue weighted by Gasteiger charge is 2.07. The Morgan fingerprint density at radius 2 is 1.06 bits per heavy atom. The molecule has 10 heteroatoms. The first-order chi connectivity index (χ1) is 17.6. The van der Waals surface area contributed by atoms with E-state index < -0.39 is 0 Å². The van der Waals surface area contributed by atoms with Gasteiger partial charge in [0.25, 0.3) is 11.8 Å². The van der Waals surface area contributed by atoms with Crippen LogP contribution in [0.4, 0.5) is 0 Å². The number of hydrogen-bond donors (Lipinski definition) is 2. The summed E-state index contributed by atoms with van der Waals surface area (Å²) in [4.78, 5) is 55.0. The fourth-order valence-electron chi connectivity index (χ4n) is 3.25. The molecule has 10 nitrogen and oxygen atoms in total. The lowest BCUT2D eigenvalue weighted by atomic mass is 10.1. The second-order valence-corrected chi connectivity index (χ2v) is 8.06. The van der Waals surface area contributed by atoms with Crippen molar-refractivity contribution in [3.63, 3.8) is 0 Å². The van der Waals surface area contributed by atoms with Crippen molar-refractivity contribution >= 4 is 23.8 Å². The number of carbonyl (C=O) groups is 4. The van der Waals surface area contributed by atoms with Gasteiger partial charge in [0, 0.05) is 37.6 Å². The van der Waals surface area contributed by atoms with Crippen LogP contribution in [0.1, 0.15) is 72.1 Å². The molecule has 0 aromatic carbocycles. The number of pyridine rings is 2. The lowest BCUT2D eigenvalue weighted by molar-refractivity contribution is -0.144. The van der Waals surface area contributed by atoms with E-state index in [1.807, 2.05) is 0 Å². The number of carbonyl (C=O) groups excluding carboxylic acids is 4. The van der Waals surface area contributed by atoms with Gasteiger partial charge in [-0.05, 0) is 37.1 Å². The van der Waals surface area contributed by atoms with Crippen LogP contribution in [0, 0.1) is 0 Å². The van der Waals surface area contributed by atoms with Gasteiger partial charge in [-0.25, -0.2) is 0 Å². The molecule has 36 heavy (non-hydrogen) atoms.